The predicted octanol–water partition coefficient (Wildman–Crippen LogP) is 1.82. The molecule has 0 bridgehead atoms. The van der Waals surface area contributed by atoms with Gasteiger partial charge in [0.05, 0.1) is 13.0 Å². The molecule has 0 spiro atoms. The van der Waals surface area contributed by atoms with Gasteiger partial charge >= 0.3 is 12.1 Å². The molecule has 1 aliphatic heterocycles. The largest absolute Gasteiger partial charge is 0.480 e. The van der Waals surface area contributed by atoms with E-state index in [0.29, 0.717) is 12.0 Å². The summed E-state index contributed by atoms with van der Waals surface area (Å²) in [6.07, 6.45) is -6.84. The molecule has 0 fully saturated rings. The molecular formula is C14H14F3NO4. The maximum Gasteiger partial charge on any atom is 0.391 e. The zero-order valence-electron chi connectivity index (χ0n) is 11.4. The number of fused-ring (bicyclic) bond motifs is 1. The van der Waals surface area contributed by atoms with Crippen LogP contribution in [0.15, 0.2) is 24.3 Å². The molecule has 8 heteroatoms. The van der Waals surface area contributed by atoms with E-state index in [9.17, 15) is 22.8 Å². The fraction of sp³-hybridized carbons (Fsp3) is 0.429. The zero-order chi connectivity index (χ0) is 16.3. The number of rotatable bonds is 4. The first-order valence-electron chi connectivity index (χ1n) is 6.57. The quantitative estimate of drug-likeness (QED) is 0.888. The lowest BCUT2D eigenvalue weighted by molar-refractivity contribution is -0.161. The Morgan fingerprint density at radius 3 is 2.68 bits per heavy atom. The third-order valence-electron chi connectivity index (χ3n) is 3.28. The van der Waals surface area contributed by atoms with E-state index < -0.39 is 36.6 Å². The van der Waals surface area contributed by atoms with Gasteiger partial charge in [0.15, 0.2) is 6.10 Å². The highest BCUT2D eigenvalue weighted by Crippen LogP contribution is 2.28. The molecule has 1 aliphatic rings. The van der Waals surface area contributed by atoms with Crippen LogP contribution in [0.2, 0.25) is 0 Å². The van der Waals surface area contributed by atoms with E-state index in [4.69, 9.17) is 9.84 Å². The van der Waals surface area contributed by atoms with Crippen LogP contribution in [0.5, 0.6) is 0 Å². The Bertz CT molecular complexity index is 573. The van der Waals surface area contributed by atoms with E-state index in [0.717, 1.165) is 5.56 Å². The molecule has 0 saturated heterocycles. The molecule has 5 nitrogen and oxygen atoms in total. The van der Waals surface area contributed by atoms with Gasteiger partial charge in [-0.15, -0.1) is 0 Å². The highest BCUT2D eigenvalue weighted by atomic mass is 19.4. The minimum absolute atomic E-state index is 0.242. The normalized spacial score (nSPS) is 19.1. The van der Waals surface area contributed by atoms with Crippen molar-refractivity contribution in [3.8, 4) is 0 Å². The van der Waals surface area contributed by atoms with E-state index >= 15 is 0 Å². The Morgan fingerprint density at radius 2 is 2.05 bits per heavy atom. The van der Waals surface area contributed by atoms with Crippen LogP contribution in [0.1, 0.15) is 23.7 Å². The van der Waals surface area contributed by atoms with Gasteiger partial charge in [-0.1, -0.05) is 24.3 Å². The molecule has 1 amide bonds. The van der Waals surface area contributed by atoms with Crippen LogP contribution >= 0.6 is 0 Å². The molecule has 22 heavy (non-hydrogen) atoms. The number of carboxylic acids is 1. The molecule has 1 aromatic rings. The van der Waals surface area contributed by atoms with Crippen LogP contribution in [0.4, 0.5) is 13.2 Å². The SMILES string of the molecule is O=C(O)C(CC(F)(F)F)NC(=O)C1OCCc2ccccc21. The van der Waals surface area contributed by atoms with Crippen LogP contribution in [-0.2, 0) is 20.7 Å². The lowest BCUT2D eigenvalue weighted by atomic mass is 9.97. The summed E-state index contributed by atoms with van der Waals surface area (Å²) in [6.45, 7) is 0.242. The van der Waals surface area contributed by atoms with Gasteiger partial charge in [0.2, 0.25) is 0 Å². The molecule has 0 radical (unpaired) electrons. The minimum Gasteiger partial charge on any atom is -0.480 e. The molecule has 1 heterocycles. The maximum absolute atomic E-state index is 12.4. The average Bonchev–Trinajstić information content (AvgIpc) is 2.44. The Hall–Kier alpha value is -2.09. The summed E-state index contributed by atoms with van der Waals surface area (Å²) < 4.78 is 42.3. The summed E-state index contributed by atoms with van der Waals surface area (Å²) in [6, 6.07) is 4.85. The van der Waals surface area contributed by atoms with Crippen LogP contribution in [0.3, 0.4) is 0 Å². The van der Waals surface area contributed by atoms with Crippen molar-refractivity contribution in [1.29, 1.82) is 0 Å². The number of hydrogen-bond donors (Lipinski definition) is 2. The fourth-order valence-corrected chi connectivity index (χ4v) is 2.29. The van der Waals surface area contributed by atoms with Crippen LogP contribution < -0.4 is 5.32 Å². The molecule has 2 N–H and O–H groups in total. The van der Waals surface area contributed by atoms with Crippen LogP contribution in [-0.4, -0.2) is 35.8 Å². The fourth-order valence-electron chi connectivity index (χ4n) is 2.29. The summed E-state index contributed by atoms with van der Waals surface area (Å²) in [4.78, 5) is 23.0. The van der Waals surface area contributed by atoms with Crippen molar-refractivity contribution in [2.24, 2.45) is 0 Å². The number of amides is 1. The number of carboxylic acid groups (broad SMARTS) is 1. The Morgan fingerprint density at radius 1 is 1.36 bits per heavy atom. The third kappa shape index (κ3) is 3.97. The topological polar surface area (TPSA) is 75.6 Å². The first kappa shape index (κ1) is 16.3. The van der Waals surface area contributed by atoms with Crippen molar-refractivity contribution in [2.45, 2.75) is 31.2 Å². The monoisotopic (exact) mass is 317 g/mol. The standard InChI is InChI=1S/C14H14F3NO4/c15-14(16,17)7-10(13(20)21)18-12(19)11-9-4-2-1-3-8(9)5-6-22-11/h1-4,10-11H,5-7H2,(H,18,19)(H,20,21). The Labute approximate surface area is 124 Å². The number of ether oxygens (including phenoxy) is 1. The van der Waals surface area contributed by atoms with Gasteiger partial charge in [0.1, 0.15) is 6.04 Å². The molecular weight excluding hydrogens is 303 g/mol. The summed E-state index contributed by atoms with van der Waals surface area (Å²) in [7, 11) is 0. The number of benzene rings is 1. The van der Waals surface area contributed by atoms with Gasteiger partial charge in [0.25, 0.3) is 5.91 Å². The lowest BCUT2D eigenvalue weighted by Crippen LogP contribution is -2.46. The molecule has 0 saturated carbocycles. The first-order valence-corrected chi connectivity index (χ1v) is 6.57. The van der Waals surface area contributed by atoms with Crippen LogP contribution in [0.25, 0.3) is 0 Å². The highest BCUT2D eigenvalue weighted by molar-refractivity contribution is 5.87. The molecule has 120 valence electrons. The minimum atomic E-state index is -4.69. The lowest BCUT2D eigenvalue weighted by Gasteiger charge is -2.26. The summed E-state index contributed by atoms with van der Waals surface area (Å²) >= 11 is 0. The Kier molecular flexibility index (Phi) is 4.70. The number of alkyl halides is 3. The van der Waals surface area contributed by atoms with Crippen molar-refractivity contribution in [2.75, 3.05) is 6.61 Å². The number of aliphatic carboxylic acids is 1. The van der Waals surface area contributed by atoms with Gasteiger partial charge in [-0.05, 0) is 17.5 Å². The maximum atomic E-state index is 12.4. The number of carbonyl (C=O) groups excluding carboxylic acids is 1. The molecule has 2 atom stereocenters. The smallest absolute Gasteiger partial charge is 0.391 e. The summed E-state index contributed by atoms with van der Waals surface area (Å²) in [5.74, 6) is -2.63. The second kappa shape index (κ2) is 6.35. The van der Waals surface area contributed by atoms with Crippen LogP contribution in [0, 0.1) is 0 Å². The number of halogens is 3. The average molecular weight is 317 g/mol. The van der Waals surface area contributed by atoms with E-state index in [1.807, 2.05) is 5.32 Å². The van der Waals surface area contributed by atoms with Crippen molar-refractivity contribution < 1.29 is 32.6 Å². The Balaban J connectivity index is 2.13. The highest BCUT2D eigenvalue weighted by Gasteiger charge is 2.38. The van der Waals surface area contributed by atoms with E-state index in [1.54, 1.807) is 24.3 Å². The van der Waals surface area contributed by atoms with Gasteiger partial charge in [-0.3, -0.25) is 4.79 Å². The van der Waals surface area contributed by atoms with Gasteiger partial charge < -0.3 is 15.2 Å². The number of hydrogen-bond acceptors (Lipinski definition) is 3. The van der Waals surface area contributed by atoms with Crippen molar-refractivity contribution >= 4 is 11.9 Å². The van der Waals surface area contributed by atoms with Crippen molar-refractivity contribution in [3.63, 3.8) is 0 Å². The first-order chi connectivity index (χ1) is 10.3. The number of nitrogens with one attached hydrogen (secondary N) is 1. The molecule has 2 unspecified atom stereocenters. The summed E-state index contributed by atoms with van der Waals surface area (Å²) in [5, 5.41) is 10.7. The van der Waals surface area contributed by atoms with Gasteiger partial charge in [0, 0.05) is 0 Å². The van der Waals surface area contributed by atoms with Gasteiger partial charge in [-0.25, -0.2) is 4.79 Å². The van der Waals surface area contributed by atoms with E-state index in [2.05, 4.69) is 0 Å². The third-order valence-corrected chi connectivity index (χ3v) is 3.28. The molecule has 2 rings (SSSR count). The molecule has 0 aliphatic carbocycles. The van der Waals surface area contributed by atoms with E-state index in [-0.39, 0.29) is 6.61 Å². The van der Waals surface area contributed by atoms with Crippen molar-refractivity contribution in [3.05, 3.63) is 35.4 Å². The zero-order valence-corrected chi connectivity index (χ0v) is 11.4. The van der Waals surface area contributed by atoms with Gasteiger partial charge in [-0.2, -0.15) is 13.2 Å². The second-order valence-corrected chi connectivity index (χ2v) is 4.92. The predicted molar refractivity (Wildman–Crippen MR) is 69.1 cm³/mol. The molecule has 1 aromatic carbocycles. The van der Waals surface area contributed by atoms with E-state index in [1.165, 1.54) is 0 Å². The number of carbonyl (C=O) groups is 2. The van der Waals surface area contributed by atoms with Crippen molar-refractivity contribution in [1.82, 2.24) is 5.32 Å². The summed E-state index contributed by atoms with van der Waals surface area (Å²) in [5.41, 5.74) is 1.40. The molecule has 0 aromatic heterocycles. The second-order valence-electron chi connectivity index (χ2n) is 4.92.